The van der Waals surface area contributed by atoms with Crippen molar-refractivity contribution < 1.29 is 9.13 Å². The molecule has 1 aromatic heterocycles. The second kappa shape index (κ2) is 4.80. The SMILES string of the molecule is FCC1Cn2cc(I)nc2-c2cc(Br)ccc2O1. The molecule has 0 aliphatic carbocycles. The first-order valence-electron chi connectivity index (χ1n) is 5.42. The van der Waals surface area contributed by atoms with Crippen LogP contribution in [0.25, 0.3) is 11.4 Å². The fraction of sp³-hybridized carbons (Fsp3) is 0.250. The molecule has 3 nitrogen and oxygen atoms in total. The number of imidazole rings is 1. The number of ether oxygens (including phenoxy) is 1. The maximum Gasteiger partial charge on any atom is 0.145 e. The lowest BCUT2D eigenvalue weighted by atomic mass is 10.2. The van der Waals surface area contributed by atoms with E-state index in [1.807, 2.05) is 29.0 Å². The smallest absolute Gasteiger partial charge is 0.145 e. The van der Waals surface area contributed by atoms with Crippen LogP contribution in [0.3, 0.4) is 0 Å². The number of fused-ring (bicyclic) bond motifs is 3. The normalized spacial score (nSPS) is 17.6. The van der Waals surface area contributed by atoms with Gasteiger partial charge in [0.1, 0.15) is 28.1 Å². The van der Waals surface area contributed by atoms with Crippen molar-refractivity contribution in [3.8, 4) is 17.1 Å². The summed E-state index contributed by atoms with van der Waals surface area (Å²) >= 11 is 5.60. The van der Waals surface area contributed by atoms with Crippen LogP contribution < -0.4 is 4.74 Å². The highest BCUT2D eigenvalue weighted by Gasteiger charge is 2.23. The average molecular weight is 423 g/mol. The largest absolute Gasteiger partial charge is 0.485 e. The third-order valence-electron chi connectivity index (χ3n) is 2.80. The maximum absolute atomic E-state index is 13.0. The molecule has 0 amide bonds. The Hall–Kier alpha value is -0.630. The quantitative estimate of drug-likeness (QED) is 0.656. The van der Waals surface area contributed by atoms with Gasteiger partial charge in [0.2, 0.25) is 0 Å². The lowest BCUT2D eigenvalue weighted by Crippen LogP contribution is -2.23. The van der Waals surface area contributed by atoms with Gasteiger partial charge in [-0.3, -0.25) is 0 Å². The topological polar surface area (TPSA) is 27.1 Å². The molecule has 0 saturated heterocycles. The van der Waals surface area contributed by atoms with Crippen LogP contribution in [0, 0.1) is 3.70 Å². The predicted molar refractivity (Wildman–Crippen MR) is 78.5 cm³/mol. The van der Waals surface area contributed by atoms with Gasteiger partial charge in [0.05, 0.1) is 12.1 Å². The van der Waals surface area contributed by atoms with Gasteiger partial charge in [0.15, 0.2) is 0 Å². The number of hydrogen-bond donors (Lipinski definition) is 0. The molecule has 0 fully saturated rings. The zero-order valence-electron chi connectivity index (χ0n) is 9.24. The average Bonchev–Trinajstić information content (AvgIpc) is 2.64. The van der Waals surface area contributed by atoms with E-state index >= 15 is 0 Å². The Labute approximate surface area is 126 Å². The molecule has 1 aliphatic heterocycles. The minimum atomic E-state index is -0.510. The molecule has 3 rings (SSSR count). The van der Waals surface area contributed by atoms with Gasteiger partial charge in [-0.15, -0.1) is 0 Å². The number of alkyl halides is 1. The van der Waals surface area contributed by atoms with E-state index in [9.17, 15) is 4.39 Å². The summed E-state index contributed by atoms with van der Waals surface area (Å²) in [6.45, 7) is -0.0299. The van der Waals surface area contributed by atoms with Gasteiger partial charge < -0.3 is 9.30 Å². The molecule has 2 aromatic rings. The van der Waals surface area contributed by atoms with E-state index < -0.39 is 12.8 Å². The molecule has 94 valence electrons. The first-order chi connectivity index (χ1) is 8.67. The van der Waals surface area contributed by atoms with Gasteiger partial charge in [0.25, 0.3) is 0 Å². The molecular formula is C12H9BrFIN2O. The molecule has 0 N–H and O–H groups in total. The van der Waals surface area contributed by atoms with Crippen LogP contribution in [0.2, 0.25) is 0 Å². The van der Waals surface area contributed by atoms with Crippen molar-refractivity contribution in [2.75, 3.05) is 6.67 Å². The highest BCUT2D eigenvalue weighted by molar-refractivity contribution is 14.1. The summed E-state index contributed by atoms with van der Waals surface area (Å²) in [6, 6.07) is 5.68. The lowest BCUT2D eigenvalue weighted by Gasteiger charge is -2.14. The number of rotatable bonds is 1. The van der Waals surface area contributed by atoms with E-state index in [4.69, 9.17) is 4.74 Å². The number of nitrogens with zero attached hydrogens (tertiary/aromatic N) is 2. The fourth-order valence-corrected chi connectivity index (χ4v) is 2.96. The molecule has 1 aliphatic rings. The van der Waals surface area contributed by atoms with E-state index in [1.165, 1.54) is 0 Å². The summed E-state index contributed by atoms with van der Waals surface area (Å²) in [5.41, 5.74) is 0.892. The molecule has 1 atom stereocenters. The molecule has 2 heterocycles. The minimum Gasteiger partial charge on any atom is -0.485 e. The van der Waals surface area contributed by atoms with Crippen molar-refractivity contribution in [2.45, 2.75) is 12.6 Å². The molecule has 1 aromatic carbocycles. The van der Waals surface area contributed by atoms with E-state index in [-0.39, 0.29) is 0 Å². The molecule has 18 heavy (non-hydrogen) atoms. The standard InChI is InChI=1S/C12H9BrFIN2O/c13-7-1-2-10-9(3-7)12-16-11(15)6-17(12)5-8(4-14)18-10/h1-3,6,8H,4-5H2. The van der Waals surface area contributed by atoms with Gasteiger partial charge in [0, 0.05) is 10.7 Å². The van der Waals surface area contributed by atoms with Gasteiger partial charge >= 0.3 is 0 Å². The van der Waals surface area contributed by atoms with Crippen molar-refractivity contribution >= 4 is 38.5 Å². The second-order valence-corrected chi connectivity index (χ2v) is 6.10. The molecule has 0 saturated carbocycles. The first-order valence-corrected chi connectivity index (χ1v) is 7.30. The van der Waals surface area contributed by atoms with Crippen LogP contribution in [0.4, 0.5) is 4.39 Å². The van der Waals surface area contributed by atoms with Crippen LogP contribution in [0.1, 0.15) is 0 Å². The van der Waals surface area contributed by atoms with Crippen LogP contribution in [0.5, 0.6) is 5.75 Å². The minimum absolute atomic E-state index is 0.462. The summed E-state index contributed by atoms with van der Waals surface area (Å²) in [5.74, 6) is 1.51. The number of hydrogen-bond acceptors (Lipinski definition) is 2. The number of benzene rings is 1. The summed E-state index contributed by atoms with van der Waals surface area (Å²) < 4.78 is 22.4. The second-order valence-electron chi connectivity index (χ2n) is 4.07. The van der Waals surface area contributed by atoms with Gasteiger partial charge in [-0.1, -0.05) is 15.9 Å². The summed E-state index contributed by atoms with van der Waals surface area (Å²) in [4.78, 5) is 4.49. The molecule has 6 heteroatoms. The Bertz CT molecular complexity index is 602. The zero-order chi connectivity index (χ0) is 12.7. The molecule has 0 bridgehead atoms. The van der Waals surface area contributed by atoms with E-state index in [0.717, 1.165) is 19.6 Å². The van der Waals surface area contributed by atoms with Crippen molar-refractivity contribution in [3.63, 3.8) is 0 Å². The van der Waals surface area contributed by atoms with E-state index in [1.54, 1.807) is 0 Å². The zero-order valence-corrected chi connectivity index (χ0v) is 13.0. The summed E-state index contributed by atoms with van der Waals surface area (Å²) in [7, 11) is 0. The third kappa shape index (κ3) is 2.16. The predicted octanol–water partition coefficient (Wildman–Crippen LogP) is 3.65. The fourth-order valence-electron chi connectivity index (χ4n) is 2.03. The Morgan fingerprint density at radius 3 is 3.17 bits per heavy atom. The van der Waals surface area contributed by atoms with Crippen molar-refractivity contribution in [2.24, 2.45) is 0 Å². The number of halogens is 3. The Kier molecular flexibility index (Phi) is 3.31. The van der Waals surface area contributed by atoms with Crippen molar-refractivity contribution in [1.29, 1.82) is 0 Å². The third-order valence-corrected chi connectivity index (χ3v) is 3.81. The van der Waals surface area contributed by atoms with Gasteiger partial charge in [-0.2, -0.15) is 0 Å². The summed E-state index contributed by atoms with van der Waals surface area (Å²) in [5, 5.41) is 0. The van der Waals surface area contributed by atoms with Gasteiger partial charge in [-0.25, -0.2) is 9.37 Å². The maximum atomic E-state index is 13.0. The monoisotopic (exact) mass is 422 g/mol. The molecule has 0 radical (unpaired) electrons. The summed E-state index contributed by atoms with van der Waals surface area (Å²) in [6.07, 6.45) is 1.45. The van der Waals surface area contributed by atoms with Gasteiger partial charge in [-0.05, 0) is 40.8 Å². The van der Waals surface area contributed by atoms with E-state index in [2.05, 4.69) is 43.5 Å². The Morgan fingerprint density at radius 1 is 1.56 bits per heavy atom. The van der Waals surface area contributed by atoms with Crippen molar-refractivity contribution in [1.82, 2.24) is 9.55 Å². The first kappa shape index (κ1) is 12.4. The Balaban J connectivity index is 2.21. The van der Waals surface area contributed by atoms with Crippen molar-refractivity contribution in [3.05, 3.63) is 32.6 Å². The van der Waals surface area contributed by atoms with Crippen LogP contribution >= 0.6 is 38.5 Å². The van der Waals surface area contributed by atoms with Crippen LogP contribution in [-0.2, 0) is 6.54 Å². The highest BCUT2D eigenvalue weighted by atomic mass is 127. The molecule has 0 spiro atoms. The number of aromatic nitrogens is 2. The van der Waals surface area contributed by atoms with Crippen LogP contribution in [0.15, 0.2) is 28.9 Å². The Morgan fingerprint density at radius 2 is 2.39 bits per heavy atom. The molecular weight excluding hydrogens is 414 g/mol. The van der Waals surface area contributed by atoms with Crippen LogP contribution in [-0.4, -0.2) is 22.3 Å². The van der Waals surface area contributed by atoms with E-state index in [0.29, 0.717) is 12.3 Å². The lowest BCUT2D eigenvalue weighted by molar-refractivity contribution is 0.151. The molecule has 1 unspecified atom stereocenters. The highest BCUT2D eigenvalue weighted by Crippen LogP contribution is 2.35.